The van der Waals surface area contributed by atoms with Crippen molar-refractivity contribution in [2.45, 2.75) is 26.3 Å². The molecule has 0 radical (unpaired) electrons. The van der Waals surface area contributed by atoms with Crippen molar-refractivity contribution in [2.24, 2.45) is 0 Å². The van der Waals surface area contributed by atoms with Gasteiger partial charge in [-0.1, -0.05) is 43.7 Å². The fraction of sp³-hybridized carbons (Fsp3) is 0.647. The Labute approximate surface area is 124 Å². The lowest BCUT2D eigenvalue weighted by Crippen LogP contribution is -2.47. The second-order valence-corrected chi connectivity index (χ2v) is 5.71. The Balaban J connectivity index is 1.58. The Morgan fingerprint density at radius 2 is 1.65 bits per heavy atom. The lowest BCUT2D eigenvalue weighted by molar-refractivity contribution is 0.128. The van der Waals surface area contributed by atoms with Crippen molar-refractivity contribution >= 4 is 0 Å². The summed E-state index contributed by atoms with van der Waals surface area (Å²) in [6, 6.07) is 10.8. The first-order chi connectivity index (χ1) is 9.88. The average Bonchev–Trinajstić information content (AvgIpc) is 2.50. The minimum absolute atomic E-state index is 1.10. The van der Waals surface area contributed by atoms with Gasteiger partial charge in [0, 0.05) is 45.8 Å². The summed E-state index contributed by atoms with van der Waals surface area (Å²) < 4.78 is 0. The van der Waals surface area contributed by atoms with Gasteiger partial charge in [-0.25, -0.2) is 0 Å². The molecule has 0 bridgehead atoms. The van der Waals surface area contributed by atoms with Crippen LogP contribution in [0.1, 0.15) is 25.3 Å². The molecule has 1 saturated heterocycles. The van der Waals surface area contributed by atoms with E-state index in [2.05, 4.69) is 52.4 Å². The number of nitrogens with one attached hydrogen (secondary N) is 1. The minimum Gasteiger partial charge on any atom is -0.315 e. The van der Waals surface area contributed by atoms with Gasteiger partial charge in [-0.15, -0.1) is 0 Å². The van der Waals surface area contributed by atoms with Gasteiger partial charge in [-0.05, 0) is 18.5 Å². The van der Waals surface area contributed by atoms with Crippen molar-refractivity contribution in [1.29, 1.82) is 0 Å². The van der Waals surface area contributed by atoms with Gasteiger partial charge in [0.2, 0.25) is 0 Å². The number of unbranched alkanes of at least 4 members (excludes halogenated alkanes) is 1. The van der Waals surface area contributed by atoms with E-state index in [9.17, 15) is 0 Å². The van der Waals surface area contributed by atoms with Crippen LogP contribution >= 0.6 is 0 Å². The van der Waals surface area contributed by atoms with E-state index in [1.807, 2.05) is 0 Å². The van der Waals surface area contributed by atoms with Crippen LogP contribution in [0.4, 0.5) is 0 Å². The number of piperazine rings is 1. The van der Waals surface area contributed by atoms with Crippen molar-refractivity contribution < 1.29 is 0 Å². The van der Waals surface area contributed by atoms with Crippen LogP contribution in [0.2, 0.25) is 0 Å². The predicted molar refractivity (Wildman–Crippen MR) is 85.9 cm³/mol. The highest BCUT2D eigenvalue weighted by molar-refractivity contribution is 5.14. The van der Waals surface area contributed by atoms with Gasteiger partial charge in [-0.2, -0.15) is 0 Å². The first kappa shape index (κ1) is 15.5. The summed E-state index contributed by atoms with van der Waals surface area (Å²) in [5.41, 5.74) is 1.43. The lowest BCUT2D eigenvalue weighted by Gasteiger charge is -2.34. The van der Waals surface area contributed by atoms with E-state index in [0.717, 1.165) is 13.1 Å². The topological polar surface area (TPSA) is 18.5 Å². The Hall–Kier alpha value is -0.900. The monoisotopic (exact) mass is 275 g/mol. The van der Waals surface area contributed by atoms with Crippen LogP contribution in [0.25, 0.3) is 0 Å². The van der Waals surface area contributed by atoms with E-state index in [4.69, 9.17) is 0 Å². The van der Waals surface area contributed by atoms with Gasteiger partial charge < -0.3 is 5.32 Å². The number of benzene rings is 1. The van der Waals surface area contributed by atoms with Gasteiger partial charge in [0.15, 0.2) is 0 Å². The summed E-state index contributed by atoms with van der Waals surface area (Å²) in [6.07, 6.45) is 2.58. The molecule has 1 heterocycles. The molecular formula is C17H29N3. The third kappa shape index (κ3) is 5.61. The molecule has 20 heavy (non-hydrogen) atoms. The van der Waals surface area contributed by atoms with Crippen LogP contribution in [0.5, 0.6) is 0 Å². The van der Waals surface area contributed by atoms with Crippen molar-refractivity contribution in [3.63, 3.8) is 0 Å². The molecule has 0 saturated carbocycles. The maximum absolute atomic E-state index is 3.53. The standard InChI is InChI=1S/C17H29N3/c1-2-3-9-18-10-11-19-12-14-20(15-13-19)16-17-7-5-4-6-8-17/h4-8,18H,2-3,9-16H2,1H3. The van der Waals surface area contributed by atoms with Crippen molar-refractivity contribution in [3.8, 4) is 0 Å². The maximum Gasteiger partial charge on any atom is 0.0234 e. The smallest absolute Gasteiger partial charge is 0.0234 e. The van der Waals surface area contributed by atoms with Gasteiger partial charge in [0.1, 0.15) is 0 Å². The molecule has 1 aromatic rings. The first-order valence-electron chi connectivity index (χ1n) is 8.08. The molecule has 0 spiro atoms. The van der Waals surface area contributed by atoms with E-state index in [0.29, 0.717) is 0 Å². The molecular weight excluding hydrogens is 246 g/mol. The van der Waals surface area contributed by atoms with E-state index >= 15 is 0 Å². The number of hydrogen-bond acceptors (Lipinski definition) is 3. The van der Waals surface area contributed by atoms with E-state index in [1.54, 1.807) is 0 Å². The second kappa shape index (κ2) is 9.11. The normalized spacial score (nSPS) is 17.4. The Kier molecular flexibility index (Phi) is 7.06. The average molecular weight is 275 g/mol. The highest BCUT2D eigenvalue weighted by Crippen LogP contribution is 2.07. The van der Waals surface area contributed by atoms with Gasteiger partial charge in [-0.3, -0.25) is 9.80 Å². The van der Waals surface area contributed by atoms with Gasteiger partial charge in [0.05, 0.1) is 0 Å². The molecule has 0 aromatic heterocycles. The molecule has 0 unspecified atom stereocenters. The Bertz CT molecular complexity index is 345. The maximum atomic E-state index is 3.53. The third-order valence-corrected chi connectivity index (χ3v) is 4.03. The molecule has 1 aliphatic rings. The molecule has 112 valence electrons. The first-order valence-corrected chi connectivity index (χ1v) is 8.08. The van der Waals surface area contributed by atoms with Crippen LogP contribution in [-0.2, 0) is 6.54 Å². The zero-order chi connectivity index (χ0) is 14.0. The number of rotatable bonds is 8. The predicted octanol–water partition coefficient (Wildman–Crippen LogP) is 2.19. The molecule has 3 heteroatoms. The zero-order valence-electron chi connectivity index (χ0n) is 12.9. The zero-order valence-corrected chi connectivity index (χ0v) is 12.9. The van der Waals surface area contributed by atoms with Crippen molar-refractivity contribution in [3.05, 3.63) is 35.9 Å². The lowest BCUT2D eigenvalue weighted by atomic mass is 10.2. The summed E-state index contributed by atoms with van der Waals surface area (Å²) in [6.45, 7) is 11.7. The fourth-order valence-electron chi connectivity index (χ4n) is 2.68. The summed E-state index contributed by atoms with van der Waals surface area (Å²) in [7, 11) is 0. The number of hydrogen-bond donors (Lipinski definition) is 1. The second-order valence-electron chi connectivity index (χ2n) is 5.71. The minimum atomic E-state index is 1.10. The van der Waals surface area contributed by atoms with Gasteiger partial charge >= 0.3 is 0 Å². The SMILES string of the molecule is CCCCNCCN1CCN(Cc2ccccc2)CC1. The summed E-state index contributed by atoms with van der Waals surface area (Å²) in [5.74, 6) is 0. The quantitative estimate of drug-likeness (QED) is 0.734. The van der Waals surface area contributed by atoms with Crippen LogP contribution in [-0.4, -0.2) is 55.6 Å². The largest absolute Gasteiger partial charge is 0.315 e. The van der Waals surface area contributed by atoms with Crippen molar-refractivity contribution in [2.75, 3.05) is 45.8 Å². The summed E-state index contributed by atoms with van der Waals surface area (Å²) >= 11 is 0. The molecule has 0 amide bonds. The summed E-state index contributed by atoms with van der Waals surface area (Å²) in [4.78, 5) is 5.15. The van der Waals surface area contributed by atoms with Gasteiger partial charge in [0.25, 0.3) is 0 Å². The van der Waals surface area contributed by atoms with Crippen LogP contribution in [0.3, 0.4) is 0 Å². The molecule has 1 aliphatic heterocycles. The van der Waals surface area contributed by atoms with E-state index in [1.165, 1.54) is 57.7 Å². The highest BCUT2D eigenvalue weighted by atomic mass is 15.3. The van der Waals surface area contributed by atoms with Crippen LogP contribution in [0.15, 0.2) is 30.3 Å². The van der Waals surface area contributed by atoms with Crippen LogP contribution < -0.4 is 5.32 Å². The van der Waals surface area contributed by atoms with Crippen molar-refractivity contribution in [1.82, 2.24) is 15.1 Å². The molecule has 0 aliphatic carbocycles. The molecule has 1 N–H and O–H groups in total. The third-order valence-electron chi connectivity index (χ3n) is 4.03. The molecule has 1 fully saturated rings. The highest BCUT2D eigenvalue weighted by Gasteiger charge is 2.16. The van der Waals surface area contributed by atoms with Crippen LogP contribution in [0, 0.1) is 0 Å². The summed E-state index contributed by atoms with van der Waals surface area (Å²) in [5, 5.41) is 3.53. The molecule has 0 atom stereocenters. The Morgan fingerprint density at radius 3 is 2.35 bits per heavy atom. The molecule has 1 aromatic carbocycles. The fourth-order valence-corrected chi connectivity index (χ4v) is 2.68. The molecule has 3 nitrogen and oxygen atoms in total. The van der Waals surface area contributed by atoms with E-state index in [-0.39, 0.29) is 0 Å². The number of nitrogens with zero attached hydrogens (tertiary/aromatic N) is 2. The van der Waals surface area contributed by atoms with E-state index < -0.39 is 0 Å². The molecule has 2 rings (SSSR count). The Morgan fingerprint density at radius 1 is 0.950 bits per heavy atom.